The number of rotatable bonds is 4. The Morgan fingerprint density at radius 3 is 2.34 bits per heavy atom. The van der Waals surface area contributed by atoms with E-state index in [1.54, 1.807) is 60.7 Å². The van der Waals surface area contributed by atoms with E-state index < -0.39 is 0 Å². The van der Waals surface area contributed by atoms with E-state index in [0.717, 1.165) is 0 Å². The van der Waals surface area contributed by atoms with Crippen molar-refractivity contribution in [2.24, 2.45) is 0 Å². The van der Waals surface area contributed by atoms with E-state index in [9.17, 15) is 14.4 Å². The minimum Gasteiger partial charge on any atom is -0.322 e. The monoisotopic (exact) mass is 421 g/mol. The van der Waals surface area contributed by atoms with Gasteiger partial charge in [0.2, 0.25) is 0 Å². The molecule has 1 aliphatic rings. The zero-order chi connectivity index (χ0) is 20.5. The smallest absolute Gasteiger partial charge is 0.256 e. The maximum atomic E-state index is 13.2. The number of nitrogens with one attached hydrogen (secondary N) is 1. The van der Waals surface area contributed by atoms with Crippen molar-refractivity contribution in [2.45, 2.75) is 11.8 Å². The van der Waals surface area contributed by atoms with Gasteiger partial charge in [0.15, 0.2) is 11.6 Å². The van der Waals surface area contributed by atoms with Gasteiger partial charge in [-0.15, -0.1) is 11.8 Å². The first kappa shape index (κ1) is 19.4. The third-order valence-electron chi connectivity index (χ3n) is 4.66. The van der Waals surface area contributed by atoms with Gasteiger partial charge in [0.1, 0.15) is 0 Å². The highest BCUT2D eigenvalue weighted by atomic mass is 35.5. The first-order chi connectivity index (χ1) is 14.0. The topological polar surface area (TPSA) is 63.2 Å². The molecule has 0 saturated carbocycles. The number of carbonyl (C=O) groups excluding carboxylic acids is 3. The molecule has 0 saturated heterocycles. The molecule has 3 aromatic carbocycles. The lowest BCUT2D eigenvalue weighted by Crippen LogP contribution is -2.24. The molecule has 0 radical (unpaired) electrons. The number of halogens is 1. The van der Waals surface area contributed by atoms with Crippen LogP contribution < -0.4 is 5.32 Å². The first-order valence-electron chi connectivity index (χ1n) is 9.06. The molecule has 3 aromatic rings. The van der Waals surface area contributed by atoms with Crippen molar-refractivity contribution in [3.05, 3.63) is 93.5 Å². The number of carbonyl (C=O) groups is 3. The molecule has 0 heterocycles. The lowest BCUT2D eigenvalue weighted by Gasteiger charge is -2.21. The number of hydrogen-bond donors (Lipinski definition) is 1. The molecule has 4 rings (SSSR count). The van der Waals surface area contributed by atoms with Crippen LogP contribution in [0.3, 0.4) is 0 Å². The maximum absolute atomic E-state index is 13.2. The summed E-state index contributed by atoms with van der Waals surface area (Å²) in [7, 11) is 0. The number of anilines is 1. The second-order valence-electron chi connectivity index (χ2n) is 6.47. The second-order valence-corrected chi connectivity index (χ2v) is 8.18. The van der Waals surface area contributed by atoms with E-state index in [2.05, 4.69) is 5.32 Å². The van der Waals surface area contributed by atoms with E-state index >= 15 is 0 Å². The van der Waals surface area contributed by atoms with Crippen LogP contribution in [0.1, 0.15) is 49.1 Å². The van der Waals surface area contributed by atoms with Gasteiger partial charge in [-0.2, -0.15) is 0 Å². The normalized spacial score (nSPS) is 12.3. The summed E-state index contributed by atoms with van der Waals surface area (Å²) in [5, 5.41) is 3.33. The summed E-state index contributed by atoms with van der Waals surface area (Å²) < 4.78 is 0. The van der Waals surface area contributed by atoms with Crippen molar-refractivity contribution in [3.63, 3.8) is 0 Å². The van der Waals surface area contributed by atoms with Gasteiger partial charge in [0.25, 0.3) is 5.91 Å². The standard InChI is InChI=1S/C23H16ClNO3S/c1-2-29-22-18(23(28)25-14-7-5-6-13(24)12-14)11-10-17-19(22)21(27)16-9-4-3-8-15(16)20(17)26/h3-12H,2H2,1H3,(H,25,28). The van der Waals surface area contributed by atoms with Gasteiger partial charge >= 0.3 is 0 Å². The van der Waals surface area contributed by atoms with Gasteiger partial charge in [-0.3, -0.25) is 14.4 Å². The third kappa shape index (κ3) is 3.48. The largest absolute Gasteiger partial charge is 0.322 e. The fraction of sp³-hybridized carbons (Fsp3) is 0.0870. The molecule has 0 bridgehead atoms. The summed E-state index contributed by atoms with van der Waals surface area (Å²) in [5.74, 6) is -0.138. The Hall–Kier alpha value is -2.89. The Morgan fingerprint density at radius 2 is 1.66 bits per heavy atom. The van der Waals surface area contributed by atoms with Gasteiger partial charge in [-0.05, 0) is 36.1 Å². The molecule has 0 atom stereocenters. The van der Waals surface area contributed by atoms with Crippen molar-refractivity contribution >= 4 is 46.5 Å². The minimum atomic E-state index is -0.356. The summed E-state index contributed by atoms with van der Waals surface area (Å²) in [4.78, 5) is 39.7. The van der Waals surface area contributed by atoms with Crippen molar-refractivity contribution in [1.29, 1.82) is 0 Å². The van der Waals surface area contributed by atoms with E-state index in [1.807, 2.05) is 6.92 Å². The zero-order valence-corrected chi connectivity index (χ0v) is 17.1. The predicted molar refractivity (Wildman–Crippen MR) is 116 cm³/mol. The van der Waals surface area contributed by atoms with Crippen molar-refractivity contribution in [1.82, 2.24) is 0 Å². The van der Waals surface area contributed by atoms with Crippen molar-refractivity contribution < 1.29 is 14.4 Å². The average molecular weight is 422 g/mol. The summed E-state index contributed by atoms with van der Waals surface area (Å²) in [6.45, 7) is 1.94. The first-order valence-corrected chi connectivity index (χ1v) is 10.4. The summed E-state index contributed by atoms with van der Waals surface area (Å²) in [5.41, 5.74) is 2.32. The number of thioether (sulfide) groups is 1. The summed E-state index contributed by atoms with van der Waals surface area (Å²) in [6, 6.07) is 16.8. The molecule has 29 heavy (non-hydrogen) atoms. The fourth-order valence-electron chi connectivity index (χ4n) is 3.39. The second kappa shape index (κ2) is 7.85. The number of amides is 1. The molecule has 6 heteroatoms. The molecule has 1 N–H and O–H groups in total. The number of hydrogen-bond acceptors (Lipinski definition) is 4. The van der Waals surface area contributed by atoms with Gasteiger partial charge in [-0.25, -0.2) is 0 Å². The molecule has 0 spiro atoms. The van der Waals surface area contributed by atoms with Crippen molar-refractivity contribution in [3.8, 4) is 0 Å². The van der Waals surface area contributed by atoms with Crippen LogP contribution in [0.2, 0.25) is 5.02 Å². The van der Waals surface area contributed by atoms with E-state index in [-0.39, 0.29) is 17.5 Å². The maximum Gasteiger partial charge on any atom is 0.256 e. The minimum absolute atomic E-state index is 0.199. The summed E-state index contributed by atoms with van der Waals surface area (Å²) in [6.07, 6.45) is 0. The molecule has 0 aromatic heterocycles. The Morgan fingerprint density at radius 1 is 0.931 bits per heavy atom. The Kier molecular flexibility index (Phi) is 5.26. The van der Waals surface area contributed by atoms with Crippen LogP contribution in [0.5, 0.6) is 0 Å². The predicted octanol–water partition coefficient (Wildman–Crippen LogP) is 5.48. The molecular weight excluding hydrogens is 406 g/mol. The van der Waals surface area contributed by atoms with Crippen LogP contribution in [-0.4, -0.2) is 23.2 Å². The molecule has 0 aliphatic heterocycles. The number of fused-ring (bicyclic) bond motifs is 2. The van der Waals surface area contributed by atoms with E-state index in [1.165, 1.54) is 11.8 Å². The molecule has 4 nitrogen and oxygen atoms in total. The molecule has 0 fully saturated rings. The molecular formula is C23H16ClNO3S. The third-order valence-corrected chi connectivity index (χ3v) is 5.90. The van der Waals surface area contributed by atoms with Crippen LogP contribution in [0.25, 0.3) is 0 Å². The highest BCUT2D eigenvalue weighted by molar-refractivity contribution is 7.99. The fourth-order valence-corrected chi connectivity index (χ4v) is 4.54. The van der Waals surface area contributed by atoms with Gasteiger partial charge in [0.05, 0.1) is 5.56 Å². The average Bonchev–Trinajstić information content (AvgIpc) is 2.72. The van der Waals surface area contributed by atoms with Gasteiger partial charge in [0, 0.05) is 37.9 Å². The Balaban J connectivity index is 1.82. The van der Waals surface area contributed by atoms with Crippen molar-refractivity contribution in [2.75, 3.05) is 11.1 Å². The van der Waals surface area contributed by atoms with Gasteiger partial charge < -0.3 is 5.32 Å². The molecule has 144 valence electrons. The lowest BCUT2D eigenvalue weighted by atomic mass is 9.83. The number of benzene rings is 3. The van der Waals surface area contributed by atoms with Crippen LogP contribution in [0.15, 0.2) is 65.6 Å². The highest BCUT2D eigenvalue weighted by Crippen LogP contribution is 2.36. The SMILES string of the molecule is CCSc1c(C(=O)Nc2cccc(Cl)c2)ccc2c1C(=O)c1ccccc1C2=O. The van der Waals surface area contributed by atoms with E-state index in [0.29, 0.717) is 49.2 Å². The van der Waals surface area contributed by atoms with E-state index in [4.69, 9.17) is 11.6 Å². The van der Waals surface area contributed by atoms with Crippen LogP contribution in [-0.2, 0) is 0 Å². The van der Waals surface area contributed by atoms with Crippen LogP contribution in [0.4, 0.5) is 5.69 Å². The van der Waals surface area contributed by atoms with Gasteiger partial charge in [-0.1, -0.05) is 48.9 Å². The van der Waals surface area contributed by atoms with Crippen LogP contribution in [0, 0.1) is 0 Å². The lowest BCUT2D eigenvalue weighted by molar-refractivity contribution is 0.0975. The molecule has 1 aliphatic carbocycles. The molecule has 0 unspecified atom stereocenters. The van der Waals surface area contributed by atoms with Crippen LogP contribution >= 0.6 is 23.4 Å². The Bertz CT molecular complexity index is 1170. The molecule has 1 amide bonds. The Labute approximate surface area is 177 Å². The number of ketones is 2. The summed E-state index contributed by atoms with van der Waals surface area (Å²) >= 11 is 7.37. The highest BCUT2D eigenvalue weighted by Gasteiger charge is 2.33. The quantitative estimate of drug-likeness (QED) is 0.443. The zero-order valence-electron chi connectivity index (χ0n) is 15.5.